The summed E-state index contributed by atoms with van der Waals surface area (Å²) in [4.78, 5) is 12.7. The molecule has 0 aromatic heterocycles. The lowest BCUT2D eigenvalue weighted by atomic mass is 10.2. The zero-order valence-corrected chi connectivity index (χ0v) is 9.88. The minimum Gasteiger partial charge on any atom is -0.366 e. The van der Waals surface area contributed by atoms with Gasteiger partial charge < -0.3 is 15.0 Å². The van der Waals surface area contributed by atoms with Crippen molar-refractivity contribution >= 4 is 5.91 Å². The number of alkyl halides is 3. The van der Waals surface area contributed by atoms with E-state index in [-0.39, 0.29) is 6.54 Å². The van der Waals surface area contributed by atoms with Crippen molar-refractivity contribution in [2.75, 3.05) is 26.2 Å². The van der Waals surface area contributed by atoms with Gasteiger partial charge in [-0.1, -0.05) is 0 Å². The second-order valence-corrected chi connectivity index (χ2v) is 4.24. The SMILES string of the molecule is CC(C)N(CC(F)(F)F)C(=O)C1CNCCO1. The third kappa shape index (κ3) is 4.51. The molecule has 0 radical (unpaired) electrons. The van der Waals surface area contributed by atoms with Gasteiger partial charge in [-0.05, 0) is 13.8 Å². The third-order valence-corrected chi connectivity index (χ3v) is 2.46. The second-order valence-electron chi connectivity index (χ2n) is 4.24. The molecular formula is C10H17F3N2O2. The summed E-state index contributed by atoms with van der Waals surface area (Å²) in [5.74, 6) is -0.607. The first-order valence-corrected chi connectivity index (χ1v) is 5.51. The highest BCUT2D eigenvalue weighted by atomic mass is 19.4. The van der Waals surface area contributed by atoms with Gasteiger partial charge in [0, 0.05) is 19.1 Å². The summed E-state index contributed by atoms with van der Waals surface area (Å²) >= 11 is 0. The molecule has 0 bridgehead atoms. The fourth-order valence-corrected chi connectivity index (χ4v) is 1.62. The van der Waals surface area contributed by atoms with Crippen molar-refractivity contribution in [3.63, 3.8) is 0 Å². The summed E-state index contributed by atoms with van der Waals surface area (Å²) in [6, 6.07) is -0.505. The Balaban J connectivity index is 2.66. The minimum absolute atomic E-state index is 0.264. The van der Waals surface area contributed by atoms with Crippen LogP contribution in [0, 0.1) is 0 Å². The predicted molar refractivity (Wildman–Crippen MR) is 55.5 cm³/mol. The van der Waals surface area contributed by atoms with Crippen molar-refractivity contribution in [3.05, 3.63) is 0 Å². The van der Waals surface area contributed by atoms with Crippen LogP contribution in [0.2, 0.25) is 0 Å². The van der Waals surface area contributed by atoms with Gasteiger partial charge in [-0.15, -0.1) is 0 Å². The molecule has 1 atom stereocenters. The number of carbonyl (C=O) groups is 1. The lowest BCUT2D eigenvalue weighted by Gasteiger charge is -2.32. The number of carbonyl (C=O) groups excluding carboxylic acids is 1. The van der Waals surface area contributed by atoms with Gasteiger partial charge >= 0.3 is 6.18 Å². The van der Waals surface area contributed by atoms with Crippen LogP contribution in [0.5, 0.6) is 0 Å². The van der Waals surface area contributed by atoms with Crippen LogP contribution in [0.25, 0.3) is 0 Å². The van der Waals surface area contributed by atoms with Crippen molar-refractivity contribution in [2.24, 2.45) is 0 Å². The first-order chi connectivity index (χ1) is 7.81. The van der Waals surface area contributed by atoms with E-state index in [0.29, 0.717) is 13.2 Å². The number of ether oxygens (including phenoxy) is 1. The number of morpholine rings is 1. The van der Waals surface area contributed by atoms with E-state index in [0.717, 1.165) is 4.90 Å². The Morgan fingerprint density at radius 1 is 1.53 bits per heavy atom. The topological polar surface area (TPSA) is 41.6 Å². The van der Waals surface area contributed by atoms with E-state index in [1.54, 1.807) is 13.8 Å². The molecular weight excluding hydrogens is 237 g/mol. The highest BCUT2D eigenvalue weighted by Gasteiger charge is 2.37. The molecule has 0 spiro atoms. The number of nitrogens with zero attached hydrogens (tertiary/aromatic N) is 1. The van der Waals surface area contributed by atoms with Crippen molar-refractivity contribution in [2.45, 2.75) is 32.2 Å². The molecule has 1 heterocycles. The lowest BCUT2D eigenvalue weighted by Crippen LogP contribution is -2.53. The van der Waals surface area contributed by atoms with Crippen molar-refractivity contribution < 1.29 is 22.7 Å². The van der Waals surface area contributed by atoms with Crippen LogP contribution in [0.15, 0.2) is 0 Å². The van der Waals surface area contributed by atoms with Gasteiger partial charge in [0.25, 0.3) is 5.91 Å². The molecule has 0 aromatic rings. The predicted octanol–water partition coefficient (Wildman–Crippen LogP) is 0.774. The van der Waals surface area contributed by atoms with Crippen molar-refractivity contribution in [3.8, 4) is 0 Å². The van der Waals surface area contributed by atoms with Gasteiger partial charge in [-0.2, -0.15) is 13.2 Å². The average molecular weight is 254 g/mol. The van der Waals surface area contributed by atoms with Crippen LogP contribution in [0.4, 0.5) is 13.2 Å². The van der Waals surface area contributed by atoms with Crippen LogP contribution < -0.4 is 5.32 Å². The largest absolute Gasteiger partial charge is 0.406 e. The number of hydrogen-bond acceptors (Lipinski definition) is 3. The van der Waals surface area contributed by atoms with E-state index in [2.05, 4.69) is 5.32 Å². The summed E-state index contributed by atoms with van der Waals surface area (Å²) < 4.78 is 42.2. The van der Waals surface area contributed by atoms with Crippen LogP contribution in [0.3, 0.4) is 0 Å². The van der Waals surface area contributed by atoms with E-state index >= 15 is 0 Å². The molecule has 17 heavy (non-hydrogen) atoms. The molecule has 1 fully saturated rings. The van der Waals surface area contributed by atoms with Crippen molar-refractivity contribution in [1.29, 1.82) is 0 Å². The van der Waals surface area contributed by atoms with Crippen LogP contribution in [-0.2, 0) is 9.53 Å². The average Bonchev–Trinajstić information content (AvgIpc) is 2.25. The Labute approximate surface area is 98.1 Å². The molecule has 100 valence electrons. The third-order valence-electron chi connectivity index (χ3n) is 2.46. The summed E-state index contributed by atoms with van der Waals surface area (Å²) in [5.41, 5.74) is 0. The van der Waals surface area contributed by atoms with Crippen LogP contribution in [-0.4, -0.2) is 55.4 Å². The van der Waals surface area contributed by atoms with E-state index < -0.39 is 30.8 Å². The van der Waals surface area contributed by atoms with Crippen LogP contribution >= 0.6 is 0 Å². The molecule has 7 heteroatoms. The quantitative estimate of drug-likeness (QED) is 0.809. The van der Waals surface area contributed by atoms with Gasteiger partial charge in [0.15, 0.2) is 0 Å². The minimum atomic E-state index is -4.39. The van der Waals surface area contributed by atoms with Gasteiger partial charge in [0.1, 0.15) is 12.6 Å². The molecule has 1 unspecified atom stereocenters. The summed E-state index contributed by atoms with van der Waals surface area (Å²) in [7, 11) is 0. The Morgan fingerprint density at radius 3 is 2.59 bits per heavy atom. The molecule has 1 aliphatic heterocycles. The van der Waals surface area contributed by atoms with Gasteiger partial charge in [0.05, 0.1) is 6.61 Å². The monoisotopic (exact) mass is 254 g/mol. The number of amides is 1. The van der Waals surface area contributed by atoms with Gasteiger partial charge in [0.2, 0.25) is 0 Å². The summed E-state index contributed by atoms with van der Waals surface area (Å²) in [5, 5.41) is 2.92. The van der Waals surface area contributed by atoms with Gasteiger partial charge in [-0.3, -0.25) is 4.79 Å². The molecule has 1 N–H and O–H groups in total. The number of halogens is 3. The standard InChI is InChI=1S/C10H17F3N2O2/c1-7(2)15(6-10(11,12)13)9(16)8-5-14-3-4-17-8/h7-8,14H,3-6H2,1-2H3. The summed E-state index contributed by atoms with van der Waals surface area (Å²) in [6.45, 7) is 3.10. The van der Waals surface area contributed by atoms with E-state index in [1.807, 2.05) is 0 Å². The van der Waals surface area contributed by atoms with E-state index in [1.165, 1.54) is 0 Å². The molecule has 0 saturated carbocycles. The zero-order valence-electron chi connectivity index (χ0n) is 9.88. The zero-order chi connectivity index (χ0) is 13.1. The molecule has 1 saturated heterocycles. The Kier molecular flexibility index (Phi) is 4.76. The maximum absolute atomic E-state index is 12.3. The van der Waals surface area contributed by atoms with Crippen LogP contribution in [0.1, 0.15) is 13.8 Å². The molecule has 0 aromatic carbocycles. The smallest absolute Gasteiger partial charge is 0.366 e. The Hall–Kier alpha value is -0.820. The first kappa shape index (κ1) is 14.2. The van der Waals surface area contributed by atoms with Crippen molar-refractivity contribution in [1.82, 2.24) is 10.2 Å². The molecule has 0 aliphatic carbocycles. The first-order valence-electron chi connectivity index (χ1n) is 5.51. The Bertz CT molecular complexity index is 263. The normalized spacial score (nSPS) is 21.6. The van der Waals surface area contributed by atoms with E-state index in [4.69, 9.17) is 4.74 Å². The fraction of sp³-hybridized carbons (Fsp3) is 0.900. The summed E-state index contributed by atoms with van der Waals surface area (Å²) in [6.07, 6.45) is -5.20. The number of rotatable bonds is 3. The second kappa shape index (κ2) is 5.68. The number of hydrogen-bond donors (Lipinski definition) is 1. The van der Waals surface area contributed by atoms with Gasteiger partial charge in [-0.25, -0.2) is 0 Å². The molecule has 1 rings (SSSR count). The lowest BCUT2D eigenvalue weighted by molar-refractivity contribution is -0.172. The molecule has 4 nitrogen and oxygen atoms in total. The number of nitrogens with one attached hydrogen (secondary N) is 1. The van der Waals surface area contributed by atoms with E-state index in [9.17, 15) is 18.0 Å². The Morgan fingerprint density at radius 2 is 2.18 bits per heavy atom. The maximum atomic E-state index is 12.3. The molecule has 1 amide bonds. The highest BCUT2D eigenvalue weighted by molar-refractivity contribution is 5.81. The maximum Gasteiger partial charge on any atom is 0.406 e. The fourth-order valence-electron chi connectivity index (χ4n) is 1.62. The molecule has 1 aliphatic rings. The highest BCUT2D eigenvalue weighted by Crippen LogP contribution is 2.19.